The molecule has 172 valence electrons. The predicted molar refractivity (Wildman–Crippen MR) is 136 cm³/mol. The normalized spacial score (nSPS) is 13.7. The summed E-state index contributed by atoms with van der Waals surface area (Å²) in [5.74, 6) is 2.52. The Morgan fingerprint density at radius 2 is 1.65 bits per heavy atom. The zero-order chi connectivity index (χ0) is 23.5. The summed E-state index contributed by atoms with van der Waals surface area (Å²) in [6.45, 7) is 5.36. The van der Waals surface area contributed by atoms with Gasteiger partial charge in [0.05, 0.1) is 12.7 Å². The van der Waals surface area contributed by atoms with Crippen molar-refractivity contribution in [2.75, 3.05) is 48.4 Å². The zero-order valence-electron chi connectivity index (χ0n) is 19.4. The lowest BCUT2D eigenvalue weighted by Gasteiger charge is -2.36. The van der Waals surface area contributed by atoms with Gasteiger partial charge < -0.3 is 19.9 Å². The summed E-state index contributed by atoms with van der Waals surface area (Å²) < 4.78 is 5.32. The standard InChI is InChI=1S/C27H27N5O2/c1-19-17-20(10-11-24(19)34-2)30-27(33)23-18-29-26(22-8-4-3-7-21(22)23)32-15-13-31(14-16-32)25-9-5-6-12-28-25/h3-12,17-18H,13-16H2,1-2H3,(H,30,33). The van der Waals surface area contributed by atoms with E-state index >= 15 is 0 Å². The predicted octanol–water partition coefficient (Wildman–Crippen LogP) is 4.53. The maximum atomic E-state index is 13.2. The molecular formula is C27H27N5O2. The smallest absolute Gasteiger partial charge is 0.257 e. The highest BCUT2D eigenvalue weighted by atomic mass is 16.5. The first-order valence-corrected chi connectivity index (χ1v) is 11.4. The van der Waals surface area contributed by atoms with Crippen molar-refractivity contribution in [3.8, 4) is 5.75 Å². The highest BCUT2D eigenvalue weighted by Crippen LogP contribution is 2.29. The van der Waals surface area contributed by atoms with E-state index in [1.807, 2.05) is 73.8 Å². The largest absolute Gasteiger partial charge is 0.496 e. The number of piperazine rings is 1. The molecule has 4 aromatic rings. The number of anilines is 3. The molecule has 34 heavy (non-hydrogen) atoms. The van der Waals surface area contributed by atoms with Crippen molar-refractivity contribution >= 4 is 34.0 Å². The van der Waals surface area contributed by atoms with Crippen molar-refractivity contribution in [3.05, 3.63) is 84.2 Å². The summed E-state index contributed by atoms with van der Waals surface area (Å²) >= 11 is 0. The summed E-state index contributed by atoms with van der Waals surface area (Å²) in [5, 5.41) is 4.87. The average molecular weight is 454 g/mol. The van der Waals surface area contributed by atoms with Gasteiger partial charge in [-0.25, -0.2) is 9.97 Å². The summed E-state index contributed by atoms with van der Waals surface area (Å²) in [6, 6.07) is 19.6. The Morgan fingerprint density at radius 1 is 0.912 bits per heavy atom. The highest BCUT2D eigenvalue weighted by Gasteiger charge is 2.22. The molecule has 0 saturated carbocycles. The van der Waals surface area contributed by atoms with Crippen LogP contribution in [-0.4, -0.2) is 49.2 Å². The molecule has 5 rings (SSSR count). The van der Waals surface area contributed by atoms with Crippen LogP contribution in [0.4, 0.5) is 17.3 Å². The molecule has 2 aromatic heterocycles. The number of amides is 1. The van der Waals surface area contributed by atoms with Crippen LogP contribution >= 0.6 is 0 Å². The Morgan fingerprint density at radius 3 is 2.35 bits per heavy atom. The van der Waals surface area contributed by atoms with E-state index in [4.69, 9.17) is 9.72 Å². The van der Waals surface area contributed by atoms with Gasteiger partial charge in [0.1, 0.15) is 17.4 Å². The summed E-state index contributed by atoms with van der Waals surface area (Å²) in [6.07, 6.45) is 3.52. The number of pyridine rings is 2. The van der Waals surface area contributed by atoms with Crippen LogP contribution < -0.4 is 19.9 Å². The number of benzene rings is 2. The number of nitrogens with zero attached hydrogens (tertiary/aromatic N) is 4. The Balaban J connectivity index is 1.38. The van der Waals surface area contributed by atoms with Gasteiger partial charge in [0, 0.05) is 49.6 Å². The molecule has 2 aromatic carbocycles. The maximum absolute atomic E-state index is 13.2. The molecule has 1 fully saturated rings. The molecule has 7 heteroatoms. The molecule has 1 aliphatic rings. The van der Waals surface area contributed by atoms with Gasteiger partial charge in [-0.3, -0.25) is 4.79 Å². The van der Waals surface area contributed by atoms with E-state index in [1.54, 1.807) is 13.3 Å². The van der Waals surface area contributed by atoms with Crippen LogP contribution in [0, 0.1) is 6.92 Å². The number of carbonyl (C=O) groups excluding carboxylic acids is 1. The minimum Gasteiger partial charge on any atom is -0.496 e. The van der Waals surface area contributed by atoms with Crippen LogP contribution in [0.2, 0.25) is 0 Å². The number of aryl methyl sites for hydroxylation is 1. The first kappa shape index (κ1) is 21.7. The molecular weight excluding hydrogens is 426 g/mol. The molecule has 7 nitrogen and oxygen atoms in total. The van der Waals surface area contributed by atoms with Crippen LogP contribution in [0.1, 0.15) is 15.9 Å². The lowest BCUT2D eigenvalue weighted by molar-refractivity contribution is 0.102. The molecule has 0 atom stereocenters. The third-order valence-electron chi connectivity index (χ3n) is 6.22. The Hall–Kier alpha value is -4.13. The number of rotatable bonds is 5. The molecule has 3 heterocycles. The van der Waals surface area contributed by atoms with E-state index in [1.165, 1.54) is 0 Å². The molecule has 1 aliphatic heterocycles. The van der Waals surface area contributed by atoms with E-state index < -0.39 is 0 Å². The molecule has 0 aliphatic carbocycles. The number of ether oxygens (including phenoxy) is 1. The van der Waals surface area contributed by atoms with Gasteiger partial charge in [-0.2, -0.15) is 0 Å². The second-order valence-corrected chi connectivity index (χ2v) is 8.34. The van der Waals surface area contributed by atoms with Crippen LogP contribution in [0.3, 0.4) is 0 Å². The van der Waals surface area contributed by atoms with Crippen molar-refractivity contribution in [3.63, 3.8) is 0 Å². The Bertz CT molecular complexity index is 1320. The fraction of sp³-hybridized carbons (Fsp3) is 0.222. The second kappa shape index (κ2) is 9.39. The number of fused-ring (bicyclic) bond motifs is 1. The van der Waals surface area contributed by atoms with Crippen molar-refractivity contribution < 1.29 is 9.53 Å². The number of methoxy groups -OCH3 is 1. The van der Waals surface area contributed by atoms with E-state index in [0.717, 1.165) is 65.6 Å². The third kappa shape index (κ3) is 4.24. The first-order valence-electron chi connectivity index (χ1n) is 11.4. The zero-order valence-corrected chi connectivity index (χ0v) is 19.4. The Labute approximate surface area is 199 Å². The lowest BCUT2D eigenvalue weighted by atomic mass is 10.1. The van der Waals surface area contributed by atoms with Gasteiger partial charge in [0.25, 0.3) is 5.91 Å². The molecule has 0 bridgehead atoms. The molecule has 1 saturated heterocycles. The van der Waals surface area contributed by atoms with Gasteiger partial charge in [0.2, 0.25) is 0 Å². The van der Waals surface area contributed by atoms with Crippen LogP contribution in [-0.2, 0) is 0 Å². The van der Waals surface area contributed by atoms with Crippen molar-refractivity contribution in [1.82, 2.24) is 9.97 Å². The van der Waals surface area contributed by atoms with Crippen molar-refractivity contribution in [1.29, 1.82) is 0 Å². The summed E-state index contributed by atoms with van der Waals surface area (Å²) in [5.41, 5.74) is 2.24. The van der Waals surface area contributed by atoms with Gasteiger partial charge >= 0.3 is 0 Å². The minimum atomic E-state index is -0.181. The van der Waals surface area contributed by atoms with Crippen LogP contribution in [0.5, 0.6) is 5.75 Å². The second-order valence-electron chi connectivity index (χ2n) is 8.34. The van der Waals surface area contributed by atoms with E-state index in [-0.39, 0.29) is 5.91 Å². The summed E-state index contributed by atoms with van der Waals surface area (Å²) in [4.78, 5) is 27.0. The SMILES string of the molecule is COc1ccc(NC(=O)c2cnc(N3CCN(c4ccccn4)CC3)c3ccccc23)cc1C. The number of hydrogen-bond donors (Lipinski definition) is 1. The molecule has 0 unspecified atom stereocenters. The van der Waals surface area contributed by atoms with E-state index in [9.17, 15) is 4.79 Å². The highest BCUT2D eigenvalue weighted by molar-refractivity contribution is 6.14. The number of hydrogen-bond acceptors (Lipinski definition) is 6. The molecule has 0 radical (unpaired) electrons. The first-order chi connectivity index (χ1) is 16.6. The fourth-order valence-corrected chi connectivity index (χ4v) is 4.45. The topological polar surface area (TPSA) is 70.6 Å². The number of aromatic nitrogens is 2. The molecule has 1 N–H and O–H groups in total. The maximum Gasteiger partial charge on any atom is 0.257 e. The monoisotopic (exact) mass is 453 g/mol. The average Bonchev–Trinajstić information content (AvgIpc) is 2.89. The Kier molecular flexibility index (Phi) is 5.99. The van der Waals surface area contributed by atoms with Crippen molar-refractivity contribution in [2.45, 2.75) is 6.92 Å². The van der Waals surface area contributed by atoms with Crippen LogP contribution in [0.15, 0.2) is 73.1 Å². The number of nitrogens with one attached hydrogen (secondary N) is 1. The van der Waals surface area contributed by atoms with E-state index in [0.29, 0.717) is 5.56 Å². The van der Waals surface area contributed by atoms with Gasteiger partial charge in [-0.1, -0.05) is 30.3 Å². The van der Waals surface area contributed by atoms with Gasteiger partial charge in [-0.05, 0) is 48.2 Å². The molecule has 1 amide bonds. The fourth-order valence-electron chi connectivity index (χ4n) is 4.45. The lowest BCUT2D eigenvalue weighted by Crippen LogP contribution is -2.47. The molecule has 0 spiro atoms. The third-order valence-corrected chi connectivity index (χ3v) is 6.22. The van der Waals surface area contributed by atoms with Crippen LogP contribution in [0.25, 0.3) is 10.8 Å². The number of carbonyl (C=O) groups is 1. The van der Waals surface area contributed by atoms with Gasteiger partial charge in [-0.15, -0.1) is 0 Å². The van der Waals surface area contributed by atoms with Gasteiger partial charge in [0.15, 0.2) is 0 Å². The minimum absolute atomic E-state index is 0.181. The quantitative estimate of drug-likeness (QED) is 0.479. The summed E-state index contributed by atoms with van der Waals surface area (Å²) in [7, 11) is 1.64. The van der Waals surface area contributed by atoms with E-state index in [2.05, 4.69) is 20.1 Å². The van der Waals surface area contributed by atoms with Crippen molar-refractivity contribution in [2.24, 2.45) is 0 Å².